The molecule has 120 valence electrons. The van der Waals surface area contributed by atoms with E-state index in [1.165, 1.54) is 7.11 Å². The summed E-state index contributed by atoms with van der Waals surface area (Å²) in [5.41, 5.74) is 1.34. The topological polar surface area (TPSA) is 64.6 Å². The summed E-state index contributed by atoms with van der Waals surface area (Å²) in [5, 5.41) is 2.66. The van der Waals surface area contributed by atoms with E-state index in [1.54, 1.807) is 24.3 Å². The second-order valence-corrected chi connectivity index (χ2v) is 5.53. The van der Waals surface area contributed by atoms with Gasteiger partial charge in [0.05, 0.1) is 19.2 Å². The molecule has 0 saturated heterocycles. The van der Waals surface area contributed by atoms with Crippen LogP contribution in [-0.4, -0.2) is 25.6 Å². The van der Waals surface area contributed by atoms with E-state index >= 15 is 0 Å². The maximum Gasteiger partial charge on any atom is 0.310 e. The fourth-order valence-electron chi connectivity index (χ4n) is 1.95. The summed E-state index contributed by atoms with van der Waals surface area (Å²) in [6, 6.07) is 14.4. The number of carbonyl (C=O) groups is 2. The molecule has 0 bridgehead atoms. The van der Waals surface area contributed by atoms with Crippen LogP contribution in [0.5, 0.6) is 5.75 Å². The van der Waals surface area contributed by atoms with Crippen molar-refractivity contribution in [2.75, 3.05) is 19.0 Å². The third kappa shape index (κ3) is 5.10. The van der Waals surface area contributed by atoms with E-state index in [4.69, 9.17) is 9.47 Å². The summed E-state index contributed by atoms with van der Waals surface area (Å²) in [6.07, 6.45) is 0.0479. The molecule has 0 fully saturated rings. The van der Waals surface area contributed by atoms with Crippen molar-refractivity contribution in [3.63, 3.8) is 0 Å². The zero-order chi connectivity index (χ0) is 16.7. The van der Waals surface area contributed by atoms with E-state index in [0.29, 0.717) is 17.0 Å². The van der Waals surface area contributed by atoms with Gasteiger partial charge in [-0.25, -0.2) is 0 Å². The molecule has 0 aromatic heterocycles. The van der Waals surface area contributed by atoms with Crippen LogP contribution in [0.25, 0.3) is 0 Å². The van der Waals surface area contributed by atoms with Crippen molar-refractivity contribution < 1.29 is 19.1 Å². The number of methoxy groups -OCH3 is 1. The summed E-state index contributed by atoms with van der Waals surface area (Å²) in [5.74, 6) is -0.274. The maximum absolute atomic E-state index is 11.8. The Labute approximate surface area is 142 Å². The molecule has 2 rings (SSSR count). The smallest absolute Gasteiger partial charge is 0.310 e. The normalized spacial score (nSPS) is 10.0. The second-order valence-electron chi connectivity index (χ2n) is 4.68. The zero-order valence-electron chi connectivity index (χ0n) is 12.5. The Balaban J connectivity index is 1.84. The lowest BCUT2D eigenvalue weighted by Crippen LogP contribution is -2.21. The number of carbonyl (C=O) groups excluding carboxylic acids is 2. The molecule has 6 heteroatoms. The van der Waals surface area contributed by atoms with Crippen molar-refractivity contribution in [2.24, 2.45) is 0 Å². The van der Waals surface area contributed by atoms with Crippen molar-refractivity contribution in [3.8, 4) is 5.75 Å². The van der Waals surface area contributed by atoms with E-state index < -0.39 is 11.9 Å². The van der Waals surface area contributed by atoms with Gasteiger partial charge in [0, 0.05) is 10.0 Å². The molecule has 0 saturated carbocycles. The van der Waals surface area contributed by atoms with Gasteiger partial charge >= 0.3 is 5.97 Å². The SMILES string of the molecule is COc1ccccc1CC(=O)OCC(=O)Nc1ccccc1Br. The Kier molecular flexibility index (Phi) is 6.17. The Morgan fingerprint density at radius 1 is 1.09 bits per heavy atom. The van der Waals surface area contributed by atoms with Crippen LogP contribution in [-0.2, 0) is 20.7 Å². The quantitative estimate of drug-likeness (QED) is 0.785. The predicted octanol–water partition coefficient (Wildman–Crippen LogP) is 3.18. The van der Waals surface area contributed by atoms with Gasteiger partial charge in [0.25, 0.3) is 5.91 Å². The van der Waals surface area contributed by atoms with Gasteiger partial charge in [-0.2, -0.15) is 0 Å². The number of nitrogens with one attached hydrogen (secondary N) is 1. The van der Waals surface area contributed by atoms with Crippen molar-refractivity contribution >= 4 is 33.5 Å². The summed E-state index contributed by atoms with van der Waals surface area (Å²) >= 11 is 3.33. The third-order valence-corrected chi connectivity index (χ3v) is 3.73. The third-order valence-electron chi connectivity index (χ3n) is 3.04. The van der Waals surface area contributed by atoms with Crippen LogP contribution in [0.15, 0.2) is 53.0 Å². The van der Waals surface area contributed by atoms with Crippen molar-refractivity contribution in [3.05, 3.63) is 58.6 Å². The predicted molar refractivity (Wildman–Crippen MR) is 90.4 cm³/mol. The van der Waals surface area contributed by atoms with Crippen LogP contribution in [0, 0.1) is 0 Å². The lowest BCUT2D eigenvalue weighted by molar-refractivity contribution is -0.146. The molecule has 0 aliphatic heterocycles. The first-order chi connectivity index (χ1) is 11.1. The summed E-state index contributed by atoms with van der Waals surface area (Å²) in [7, 11) is 1.54. The second kappa shape index (κ2) is 8.33. The lowest BCUT2D eigenvalue weighted by Gasteiger charge is -2.09. The molecule has 1 N–H and O–H groups in total. The monoisotopic (exact) mass is 377 g/mol. The molecule has 2 aromatic carbocycles. The average Bonchev–Trinajstić information content (AvgIpc) is 2.55. The number of esters is 1. The molecule has 0 spiro atoms. The van der Waals surface area contributed by atoms with Crippen LogP contribution in [0.2, 0.25) is 0 Å². The Hall–Kier alpha value is -2.34. The van der Waals surface area contributed by atoms with E-state index in [-0.39, 0.29) is 13.0 Å². The molecule has 0 aliphatic rings. The number of hydrogen-bond acceptors (Lipinski definition) is 4. The molecule has 1 amide bonds. The first kappa shape index (κ1) is 17.0. The van der Waals surface area contributed by atoms with Crippen molar-refractivity contribution in [1.82, 2.24) is 0 Å². The minimum atomic E-state index is -0.489. The van der Waals surface area contributed by atoms with Gasteiger partial charge in [0.1, 0.15) is 5.75 Å². The highest BCUT2D eigenvalue weighted by molar-refractivity contribution is 9.10. The number of benzene rings is 2. The maximum atomic E-state index is 11.8. The molecule has 0 atom stereocenters. The fraction of sp³-hybridized carbons (Fsp3) is 0.176. The van der Waals surface area contributed by atoms with Gasteiger partial charge in [0.15, 0.2) is 6.61 Å². The van der Waals surface area contributed by atoms with E-state index in [0.717, 1.165) is 4.47 Å². The van der Waals surface area contributed by atoms with E-state index in [2.05, 4.69) is 21.2 Å². The van der Waals surface area contributed by atoms with Crippen LogP contribution < -0.4 is 10.1 Å². The summed E-state index contributed by atoms with van der Waals surface area (Å²) < 4.78 is 10.9. The van der Waals surface area contributed by atoms with Crippen molar-refractivity contribution in [2.45, 2.75) is 6.42 Å². The largest absolute Gasteiger partial charge is 0.496 e. The average molecular weight is 378 g/mol. The fourth-order valence-corrected chi connectivity index (χ4v) is 2.33. The van der Waals surface area contributed by atoms with Gasteiger partial charge in [-0.3, -0.25) is 9.59 Å². The minimum Gasteiger partial charge on any atom is -0.496 e. The zero-order valence-corrected chi connectivity index (χ0v) is 14.1. The molecule has 5 nitrogen and oxygen atoms in total. The van der Waals surface area contributed by atoms with Crippen LogP contribution in [0.4, 0.5) is 5.69 Å². The Morgan fingerprint density at radius 2 is 1.78 bits per heavy atom. The number of halogens is 1. The Bertz CT molecular complexity index is 702. The van der Waals surface area contributed by atoms with Crippen LogP contribution in [0.1, 0.15) is 5.56 Å². The molecular formula is C17H16BrNO4. The molecule has 2 aromatic rings. The standard InChI is InChI=1S/C17H16BrNO4/c1-22-15-9-5-2-6-12(15)10-17(21)23-11-16(20)19-14-8-4-3-7-13(14)18/h2-9H,10-11H2,1H3,(H,19,20). The van der Waals surface area contributed by atoms with Gasteiger partial charge in [0.2, 0.25) is 0 Å². The van der Waals surface area contributed by atoms with Crippen molar-refractivity contribution in [1.29, 1.82) is 0 Å². The molecule has 0 unspecified atom stereocenters. The molecule has 0 heterocycles. The van der Waals surface area contributed by atoms with Gasteiger partial charge in [-0.05, 0) is 34.1 Å². The number of hydrogen-bond donors (Lipinski definition) is 1. The molecule has 23 heavy (non-hydrogen) atoms. The lowest BCUT2D eigenvalue weighted by atomic mass is 10.1. The summed E-state index contributed by atoms with van der Waals surface area (Å²) in [6.45, 7) is -0.338. The van der Waals surface area contributed by atoms with Gasteiger partial charge in [-0.1, -0.05) is 30.3 Å². The molecular weight excluding hydrogens is 362 g/mol. The van der Waals surface area contributed by atoms with E-state index in [1.807, 2.05) is 24.3 Å². The number of amides is 1. The van der Waals surface area contributed by atoms with Gasteiger partial charge in [-0.15, -0.1) is 0 Å². The first-order valence-electron chi connectivity index (χ1n) is 6.92. The molecule has 0 radical (unpaired) electrons. The van der Waals surface area contributed by atoms with Gasteiger partial charge < -0.3 is 14.8 Å². The van der Waals surface area contributed by atoms with Crippen LogP contribution >= 0.6 is 15.9 Å². The molecule has 0 aliphatic carbocycles. The highest BCUT2D eigenvalue weighted by Crippen LogP contribution is 2.21. The highest BCUT2D eigenvalue weighted by Gasteiger charge is 2.12. The number of rotatable bonds is 6. The summed E-state index contributed by atoms with van der Waals surface area (Å²) in [4.78, 5) is 23.6. The first-order valence-corrected chi connectivity index (χ1v) is 7.71. The minimum absolute atomic E-state index is 0.0479. The van der Waals surface area contributed by atoms with E-state index in [9.17, 15) is 9.59 Å². The number of anilines is 1. The Morgan fingerprint density at radius 3 is 2.52 bits per heavy atom. The highest BCUT2D eigenvalue weighted by atomic mass is 79.9. The number of ether oxygens (including phenoxy) is 2. The number of para-hydroxylation sites is 2. The van der Waals surface area contributed by atoms with Crippen LogP contribution in [0.3, 0.4) is 0 Å².